The molecule has 0 aliphatic carbocycles. The molecule has 0 bridgehead atoms. The molecule has 3 rings (SSSR count). The van der Waals surface area contributed by atoms with E-state index in [4.69, 9.17) is 11.6 Å². The number of rotatable bonds is 2. The Kier molecular flexibility index (Phi) is 4.39. The van der Waals surface area contributed by atoms with Gasteiger partial charge in [0.25, 0.3) is 5.91 Å². The van der Waals surface area contributed by atoms with Crippen molar-refractivity contribution < 1.29 is 14.3 Å². The van der Waals surface area contributed by atoms with Gasteiger partial charge in [0, 0.05) is 37.4 Å². The van der Waals surface area contributed by atoms with Gasteiger partial charge < -0.3 is 14.9 Å². The Hall–Kier alpha value is -2.27. The first kappa shape index (κ1) is 15.6. The van der Waals surface area contributed by atoms with Crippen LogP contribution in [-0.4, -0.2) is 42.1 Å². The van der Waals surface area contributed by atoms with Gasteiger partial charge in [-0.2, -0.15) is 0 Å². The number of nitrogens with zero attached hydrogens (tertiary/aromatic N) is 2. The second-order valence-electron chi connectivity index (χ2n) is 5.42. The Morgan fingerprint density at radius 3 is 2.30 bits per heavy atom. The summed E-state index contributed by atoms with van der Waals surface area (Å²) in [6.45, 7) is 2.52. The van der Waals surface area contributed by atoms with Crippen molar-refractivity contribution in [3.05, 3.63) is 58.9 Å². The predicted molar refractivity (Wildman–Crippen MR) is 87.6 cm³/mol. The number of hydrogen-bond donors (Lipinski definition) is 1. The highest BCUT2D eigenvalue weighted by atomic mass is 35.5. The van der Waals surface area contributed by atoms with Gasteiger partial charge in [0.2, 0.25) is 0 Å². The summed E-state index contributed by atoms with van der Waals surface area (Å²) in [6, 6.07) is 10.8. The van der Waals surface area contributed by atoms with E-state index in [0.717, 1.165) is 5.69 Å². The number of phenolic OH excluding ortho intramolecular Hbond substituents is 1. The smallest absolute Gasteiger partial charge is 0.254 e. The Morgan fingerprint density at radius 2 is 1.70 bits per heavy atom. The number of halogens is 2. The summed E-state index contributed by atoms with van der Waals surface area (Å²) in [5, 5.41) is 9.59. The number of anilines is 1. The van der Waals surface area contributed by atoms with E-state index in [0.29, 0.717) is 31.7 Å². The Balaban J connectivity index is 1.65. The van der Waals surface area contributed by atoms with Crippen LogP contribution >= 0.6 is 11.6 Å². The van der Waals surface area contributed by atoms with Crippen LogP contribution in [0.3, 0.4) is 0 Å². The molecule has 4 nitrogen and oxygen atoms in total. The van der Waals surface area contributed by atoms with Crippen LogP contribution in [0.4, 0.5) is 10.1 Å². The fourth-order valence-electron chi connectivity index (χ4n) is 2.64. The fourth-order valence-corrected chi connectivity index (χ4v) is 2.82. The van der Waals surface area contributed by atoms with Crippen LogP contribution in [0, 0.1) is 5.82 Å². The highest BCUT2D eigenvalue weighted by Crippen LogP contribution is 2.25. The van der Waals surface area contributed by atoms with E-state index in [1.807, 2.05) is 0 Å². The van der Waals surface area contributed by atoms with Gasteiger partial charge in [0.15, 0.2) is 0 Å². The normalized spacial score (nSPS) is 14.9. The first-order valence-corrected chi connectivity index (χ1v) is 7.71. The predicted octanol–water partition coefficient (Wildman–Crippen LogP) is 3.15. The van der Waals surface area contributed by atoms with E-state index in [-0.39, 0.29) is 22.5 Å². The molecule has 1 aliphatic rings. The maximum atomic E-state index is 13.0. The first-order chi connectivity index (χ1) is 11.0. The minimum absolute atomic E-state index is 0.0376. The molecule has 2 aromatic carbocycles. The molecule has 1 fully saturated rings. The largest absolute Gasteiger partial charge is 0.506 e. The molecular formula is C17H16ClFN2O2. The first-order valence-electron chi connectivity index (χ1n) is 7.33. The topological polar surface area (TPSA) is 43.8 Å². The summed E-state index contributed by atoms with van der Waals surface area (Å²) < 4.78 is 13.0. The lowest BCUT2D eigenvalue weighted by Gasteiger charge is -2.36. The molecule has 23 heavy (non-hydrogen) atoms. The van der Waals surface area contributed by atoms with Crippen molar-refractivity contribution in [2.24, 2.45) is 0 Å². The van der Waals surface area contributed by atoms with Gasteiger partial charge in [-0.05, 0) is 42.5 Å². The molecule has 0 aromatic heterocycles. The van der Waals surface area contributed by atoms with Crippen molar-refractivity contribution in [3.8, 4) is 5.75 Å². The third kappa shape index (κ3) is 3.40. The van der Waals surface area contributed by atoms with Crippen molar-refractivity contribution in [2.45, 2.75) is 0 Å². The SMILES string of the molecule is O=C(c1ccc(O)c(Cl)c1)N1CCN(c2ccc(F)cc2)CC1. The van der Waals surface area contributed by atoms with Gasteiger partial charge in [-0.3, -0.25) is 4.79 Å². The number of amides is 1. The zero-order valence-electron chi connectivity index (χ0n) is 12.4. The Bertz CT molecular complexity index is 713. The number of benzene rings is 2. The van der Waals surface area contributed by atoms with Gasteiger partial charge in [0.05, 0.1) is 5.02 Å². The molecule has 6 heteroatoms. The molecule has 2 aromatic rings. The van der Waals surface area contributed by atoms with Gasteiger partial charge >= 0.3 is 0 Å². The van der Waals surface area contributed by atoms with Crippen molar-refractivity contribution in [1.82, 2.24) is 4.90 Å². The molecule has 1 N–H and O–H groups in total. The molecule has 120 valence electrons. The zero-order chi connectivity index (χ0) is 16.4. The second kappa shape index (κ2) is 6.46. The fraction of sp³-hybridized carbons (Fsp3) is 0.235. The number of hydrogen-bond acceptors (Lipinski definition) is 3. The number of carbonyl (C=O) groups is 1. The lowest BCUT2D eigenvalue weighted by Crippen LogP contribution is -2.48. The van der Waals surface area contributed by atoms with Crippen LogP contribution in [0.5, 0.6) is 5.75 Å². The van der Waals surface area contributed by atoms with Crippen molar-refractivity contribution >= 4 is 23.2 Å². The monoisotopic (exact) mass is 334 g/mol. The van der Waals surface area contributed by atoms with Gasteiger partial charge in [-0.1, -0.05) is 11.6 Å². The van der Waals surface area contributed by atoms with Crippen LogP contribution in [0.2, 0.25) is 5.02 Å². The van der Waals surface area contributed by atoms with E-state index in [9.17, 15) is 14.3 Å². The van der Waals surface area contributed by atoms with E-state index in [1.54, 1.807) is 23.1 Å². The van der Waals surface area contributed by atoms with Crippen molar-refractivity contribution in [2.75, 3.05) is 31.1 Å². The maximum Gasteiger partial charge on any atom is 0.254 e. The molecular weight excluding hydrogens is 319 g/mol. The van der Waals surface area contributed by atoms with Crippen LogP contribution in [-0.2, 0) is 0 Å². The zero-order valence-corrected chi connectivity index (χ0v) is 13.1. The molecule has 0 unspecified atom stereocenters. The van der Waals surface area contributed by atoms with Gasteiger partial charge in [-0.25, -0.2) is 4.39 Å². The number of piperazine rings is 1. The van der Waals surface area contributed by atoms with Gasteiger partial charge in [0.1, 0.15) is 11.6 Å². The van der Waals surface area contributed by atoms with Crippen molar-refractivity contribution in [3.63, 3.8) is 0 Å². The maximum absolute atomic E-state index is 13.0. The van der Waals surface area contributed by atoms with E-state index in [1.165, 1.54) is 24.3 Å². The van der Waals surface area contributed by atoms with Gasteiger partial charge in [-0.15, -0.1) is 0 Å². The minimum atomic E-state index is -0.258. The molecule has 0 atom stereocenters. The minimum Gasteiger partial charge on any atom is -0.506 e. The summed E-state index contributed by atoms with van der Waals surface area (Å²) in [4.78, 5) is 16.3. The molecule has 0 spiro atoms. The molecule has 0 saturated carbocycles. The molecule has 1 aliphatic heterocycles. The average molecular weight is 335 g/mol. The molecule has 1 heterocycles. The quantitative estimate of drug-likeness (QED) is 0.917. The number of carbonyl (C=O) groups excluding carboxylic acids is 1. The lowest BCUT2D eigenvalue weighted by molar-refractivity contribution is 0.0747. The molecule has 1 amide bonds. The number of phenols is 1. The van der Waals surface area contributed by atoms with Crippen LogP contribution in [0.1, 0.15) is 10.4 Å². The summed E-state index contributed by atoms with van der Waals surface area (Å²) in [7, 11) is 0. The van der Waals surface area contributed by atoms with Crippen LogP contribution in [0.15, 0.2) is 42.5 Å². The van der Waals surface area contributed by atoms with Crippen LogP contribution < -0.4 is 4.90 Å². The van der Waals surface area contributed by atoms with Crippen LogP contribution in [0.25, 0.3) is 0 Å². The van der Waals surface area contributed by atoms with E-state index < -0.39 is 0 Å². The van der Waals surface area contributed by atoms with E-state index in [2.05, 4.69) is 4.90 Å². The lowest BCUT2D eigenvalue weighted by atomic mass is 10.1. The Labute approximate surface area is 138 Å². The third-order valence-corrected chi connectivity index (χ3v) is 4.26. The number of aromatic hydroxyl groups is 1. The summed E-state index contributed by atoms with van der Waals surface area (Å²) in [5.41, 5.74) is 1.41. The summed E-state index contributed by atoms with van der Waals surface area (Å²) >= 11 is 5.85. The Morgan fingerprint density at radius 1 is 1.04 bits per heavy atom. The molecule has 0 radical (unpaired) electrons. The highest BCUT2D eigenvalue weighted by molar-refractivity contribution is 6.32. The van der Waals surface area contributed by atoms with E-state index >= 15 is 0 Å². The second-order valence-corrected chi connectivity index (χ2v) is 5.83. The standard InChI is InChI=1S/C17H16ClFN2O2/c18-15-11-12(1-6-16(15)22)17(23)21-9-7-20(8-10-21)14-4-2-13(19)3-5-14/h1-6,11,22H,7-10H2. The summed E-state index contributed by atoms with van der Waals surface area (Å²) in [6.07, 6.45) is 0. The molecule has 1 saturated heterocycles. The average Bonchev–Trinajstić information content (AvgIpc) is 2.57. The van der Waals surface area contributed by atoms with Crippen molar-refractivity contribution in [1.29, 1.82) is 0 Å². The third-order valence-electron chi connectivity index (χ3n) is 3.95. The highest BCUT2D eigenvalue weighted by Gasteiger charge is 2.22. The summed E-state index contributed by atoms with van der Waals surface area (Å²) in [5.74, 6) is -0.401.